The average Bonchev–Trinajstić information content (AvgIpc) is 3.12. The van der Waals surface area contributed by atoms with E-state index in [-0.39, 0.29) is 29.5 Å². The molecule has 0 N–H and O–H groups in total. The summed E-state index contributed by atoms with van der Waals surface area (Å²) in [4.78, 5) is 31.4. The van der Waals surface area contributed by atoms with Gasteiger partial charge in [0.05, 0.1) is 17.5 Å². The van der Waals surface area contributed by atoms with Gasteiger partial charge in [-0.15, -0.1) is 0 Å². The first-order chi connectivity index (χ1) is 16.1. The second-order valence-electron chi connectivity index (χ2n) is 9.11. The van der Waals surface area contributed by atoms with Crippen LogP contribution in [0.5, 0.6) is 5.75 Å². The fraction of sp³-hybridized carbons (Fsp3) is 0.556. The van der Waals surface area contributed by atoms with E-state index in [1.54, 1.807) is 6.08 Å². The van der Waals surface area contributed by atoms with Crippen LogP contribution in [0.3, 0.4) is 0 Å². The van der Waals surface area contributed by atoms with Crippen molar-refractivity contribution >= 4 is 11.7 Å². The van der Waals surface area contributed by atoms with Crippen molar-refractivity contribution in [2.75, 3.05) is 32.8 Å². The van der Waals surface area contributed by atoms with Gasteiger partial charge in [-0.05, 0) is 63.0 Å². The molecule has 2 heterocycles. The maximum atomic E-state index is 13.7. The fourth-order valence-electron chi connectivity index (χ4n) is 5.40. The smallest absolute Gasteiger partial charge is 0.290 e. The number of carbonyl (C=O) groups excluding carboxylic acids is 2. The van der Waals surface area contributed by atoms with E-state index in [4.69, 9.17) is 9.47 Å². The van der Waals surface area contributed by atoms with Crippen molar-refractivity contribution in [2.24, 2.45) is 5.92 Å². The lowest BCUT2D eigenvalue weighted by Crippen LogP contribution is -2.39. The summed E-state index contributed by atoms with van der Waals surface area (Å²) in [5.41, 5.74) is 1.44. The molecule has 1 aliphatic carbocycles. The minimum atomic E-state index is -0.424. The predicted octanol–water partition coefficient (Wildman–Crippen LogP) is 4.28. The first-order valence-corrected chi connectivity index (χ1v) is 12.4. The molecule has 0 radical (unpaired) electrons. The highest BCUT2D eigenvalue weighted by atomic mass is 16.5. The summed E-state index contributed by atoms with van der Waals surface area (Å²) in [6.07, 6.45) is 6.16. The molecular weight excluding hydrogens is 416 g/mol. The second kappa shape index (κ2) is 10.6. The Labute approximate surface area is 197 Å². The zero-order valence-electron chi connectivity index (χ0n) is 19.9. The topological polar surface area (TPSA) is 59.1 Å². The number of benzene rings is 1. The fourth-order valence-corrected chi connectivity index (χ4v) is 5.40. The third-order valence-corrected chi connectivity index (χ3v) is 7.17. The second-order valence-corrected chi connectivity index (χ2v) is 9.11. The SMILES string of the molecule is C=CCOc1cccc(C2C3=C(OC4CCCCC4C3=O)C(=O)N2CCCN(CC)CC)c1. The summed E-state index contributed by atoms with van der Waals surface area (Å²) in [6, 6.07) is 7.30. The molecule has 4 rings (SSSR count). The third-order valence-electron chi connectivity index (χ3n) is 7.17. The summed E-state index contributed by atoms with van der Waals surface area (Å²) < 4.78 is 12.0. The van der Waals surface area contributed by atoms with Crippen LogP contribution in [0.25, 0.3) is 0 Å². The molecule has 3 unspecified atom stereocenters. The molecule has 33 heavy (non-hydrogen) atoms. The number of rotatable bonds is 10. The van der Waals surface area contributed by atoms with Crippen molar-refractivity contribution < 1.29 is 19.1 Å². The van der Waals surface area contributed by atoms with Crippen LogP contribution in [0.2, 0.25) is 0 Å². The van der Waals surface area contributed by atoms with E-state index in [9.17, 15) is 9.59 Å². The zero-order valence-corrected chi connectivity index (χ0v) is 19.9. The van der Waals surface area contributed by atoms with Crippen LogP contribution in [0.1, 0.15) is 57.6 Å². The summed E-state index contributed by atoms with van der Waals surface area (Å²) in [5, 5.41) is 0. The van der Waals surface area contributed by atoms with E-state index in [1.165, 1.54) is 0 Å². The van der Waals surface area contributed by atoms with Crippen LogP contribution in [0.4, 0.5) is 0 Å². The van der Waals surface area contributed by atoms with Crippen LogP contribution in [0.15, 0.2) is 48.3 Å². The van der Waals surface area contributed by atoms with E-state index in [1.807, 2.05) is 29.2 Å². The molecule has 6 heteroatoms. The van der Waals surface area contributed by atoms with E-state index >= 15 is 0 Å². The van der Waals surface area contributed by atoms with Gasteiger partial charge in [0.2, 0.25) is 0 Å². The maximum absolute atomic E-state index is 13.7. The van der Waals surface area contributed by atoms with Gasteiger partial charge < -0.3 is 19.3 Å². The summed E-state index contributed by atoms with van der Waals surface area (Å²) in [5.74, 6) is 0.807. The standard InChI is InChI=1S/C27H36N2O4/c1-4-17-32-20-12-9-11-19(18-20)24-23-25(30)21-13-7-8-14-22(21)33-26(23)27(31)29(24)16-10-15-28(5-2)6-3/h4,9,11-12,18,21-22,24H,1,5-8,10,13-17H2,2-3H3. The Morgan fingerprint density at radius 1 is 1.21 bits per heavy atom. The van der Waals surface area contributed by atoms with Crippen LogP contribution in [-0.2, 0) is 14.3 Å². The van der Waals surface area contributed by atoms with Crippen LogP contribution in [-0.4, -0.2) is 60.4 Å². The van der Waals surface area contributed by atoms with Crippen molar-refractivity contribution in [3.63, 3.8) is 0 Å². The molecule has 6 nitrogen and oxygen atoms in total. The van der Waals surface area contributed by atoms with Gasteiger partial charge in [-0.3, -0.25) is 9.59 Å². The molecule has 1 aromatic carbocycles. The average molecular weight is 453 g/mol. The van der Waals surface area contributed by atoms with Crippen LogP contribution >= 0.6 is 0 Å². The van der Waals surface area contributed by atoms with Gasteiger partial charge >= 0.3 is 0 Å². The highest BCUT2D eigenvalue weighted by Gasteiger charge is 2.51. The predicted molar refractivity (Wildman–Crippen MR) is 128 cm³/mol. The summed E-state index contributed by atoms with van der Waals surface area (Å²) in [6.45, 7) is 11.9. The minimum absolute atomic E-state index is 0.1000. The highest BCUT2D eigenvalue weighted by Crippen LogP contribution is 2.47. The van der Waals surface area contributed by atoms with Gasteiger partial charge in [0.25, 0.3) is 5.91 Å². The molecular formula is C27H36N2O4. The van der Waals surface area contributed by atoms with Gasteiger partial charge in [-0.25, -0.2) is 0 Å². The Morgan fingerprint density at radius 3 is 2.76 bits per heavy atom. The monoisotopic (exact) mass is 452 g/mol. The summed E-state index contributed by atoms with van der Waals surface area (Å²) in [7, 11) is 0. The molecule has 0 saturated heterocycles. The van der Waals surface area contributed by atoms with Gasteiger partial charge in [0.1, 0.15) is 18.5 Å². The lowest BCUT2D eigenvalue weighted by molar-refractivity contribution is -0.135. The number of Topliss-reactive ketones (excluding diaryl/α,β-unsaturated/α-hetero) is 1. The molecule has 0 aromatic heterocycles. The third kappa shape index (κ3) is 4.72. The zero-order chi connectivity index (χ0) is 23.4. The normalized spacial score (nSPS) is 24.6. The number of carbonyl (C=O) groups is 2. The molecule has 178 valence electrons. The van der Waals surface area contributed by atoms with Crippen molar-refractivity contribution in [3.05, 3.63) is 53.8 Å². The van der Waals surface area contributed by atoms with E-state index < -0.39 is 6.04 Å². The van der Waals surface area contributed by atoms with Gasteiger partial charge in [-0.2, -0.15) is 0 Å². The molecule has 1 fully saturated rings. The largest absolute Gasteiger partial charge is 0.490 e. The molecule has 1 amide bonds. The molecule has 2 aliphatic heterocycles. The molecule has 3 aliphatic rings. The first kappa shape index (κ1) is 23.6. The molecule has 0 spiro atoms. The summed E-state index contributed by atoms with van der Waals surface area (Å²) >= 11 is 0. The van der Waals surface area contributed by atoms with E-state index in [2.05, 4.69) is 25.3 Å². The Hall–Kier alpha value is -2.60. The van der Waals surface area contributed by atoms with Crippen molar-refractivity contribution in [3.8, 4) is 5.75 Å². The Balaban J connectivity index is 1.66. The van der Waals surface area contributed by atoms with Crippen molar-refractivity contribution in [1.82, 2.24) is 9.80 Å². The molecule has 3 atom stereocenters. The number of ketones is 1. The quantitative estimate of drug-likeness (QED) is 0.496. The van der Waals surface area contributed by atoms with Crippen molar-refractivity contribution in [1.29, 1.82) is 0 Å². The van der Waals surface area contributed by atoms with Gasteiger partial charge in [0.15, 0.2) is 11.5 Å². The Kier molecular flexibility index (Phi) is 7.53. The van der Waals surface area contributed by atoms with E-state index in [0.717, 1.165) is 57.3 Å². The Bertz CT molecular complexity index is 920. The highest BCUT2D eigenvalue weighted by molar-refractivity contribution is 6.11. The Morgan fingerprint density at radius 2 is 2.00 bits per heavy atom. The number of hydrogen-bond donors (Lipinski definition) is 0. The lowest BCUT2D eigenvalue weighted by atomic mass is 9.77. The lowest BCUT2D eigenvalue weighted by Gasteiger charge is -2.35. The van der Waals surface area contributed by atoms with Gasteiger partial charge in [-0.1, -0.05) is 45.1 Å². The first-order valence-electron chi connectivity index (χ1n) is 12.4. The molecule has 1 aromatic rings. The maximum Gasteiger partial charge on any atom is 0.290 e. The number of fused-ring (bicyclic) bond motifs is 1. The number of amides is 1. The van der Waals surface area contributed by atoms with Gasteiger partial charge in [0, 0.05) is 6.54 Å². The van der Waals surface area contributed by atoms with Crippen LogP contribution in [0, 0.1) is 5.92 Å². The molecule has 0 bridgehead atoms. The molecule has 1 saturated carbocycles. The number of nitrogens with zero attached hydrogens (tertiary/aromatic N) is 2. The number of ether oxygens (including phenoxy) is 2. The van der Waals surface area contributed by atoms with E-state index in [0.29, 0.717) is 24.5 Å². The van der Waals surface area contributed by atoms with Crippen molar-refractivity contribution in [2.45, 2.75) is 58.1 Å². The number of hydrogen-bond acceptors (Lipinski definition) is 5. The minimum Gasteiger partial charge on any atom is -0.490 e. The van der Waals surface area contributed by atoms with Crippen LogP contribution < -0.4 is 4.74 Å².